The Kier molecular flexibility index (Phi) is 5.35. The van der Waals surface area contributed by atoms with Gasteiger partial charge in [0.2, 0.25) is 11.8 Å². The van der Waals surface area contributed by atoms with Gasteiger partial charge in [0.1, 0.15) is 5.82 Å². The van der Waals surface area contributed by atoms with Crippen molar-refractivity contribution in [3.8, 4) is 0 Å². The first-order valence-electron chi connectivity index (χ1n) is 9.01. The maximum absolute atomic E-state index is 13.1. The van der Waals surface area contributed by atoms with Crippen LogP contribution >= 0.6 is 0 Å². The van der Waals surface area contributed by atoms with Crippen molar-refractivity contribution >= 4 is 23.2 Å². The summed E-state index contributed by atoms with van der Waals surface area (Å²) in [4.78, 5) is 26.7. The molecule has 1 fully saturated rings. The van der Waals surface area contributed by atoms with Gasteiger partial charge < -0.3 is 10.2 Å². The number of aryl methyl sites for hydroxylation is 2. The van der Waals surface area contributed by atoms with Crippen molar-refractivity contribution < 1.29 is 14.0 Å². The van der Waals surface area contributed by atoms with Crippen LogP contribution in [0.4, 0.5) is 15.8 Å². The van der Waals surface area contributed by atoms with Crippen molar-refractivity contribution in [1.29, 1.82) is 0 Å². The van der Waals surface area contributed by atoms with E-state index in [2.05, 4.69) is 19.2 Å². The average Bonchev–Trinajstić information content (AvgIpc) is 3.04. The summed E-state index contributed by atoms with van der Waals surface area (Å²) in [6, 6.07) is 11.8. The molecule has 2 aromatic rings. The highest BCUT2D eigenvalue weighted by Gasteiger charge is 2.35. The molecule has 3 rings (SSSR count). The largest absolute Gasteiger partial charge is 0.325 e. The van der Waals surface area contributed by atoms with Crippen LogP contribution in [-0.4, -0.2) is 18.4 Å². The molecule has 0 bridgehead atoms. The molecular weight excluding hydrogens is 331 g/mol. The molecule has 1 N–H and O–H groups in total. The summed E-state index contributed by atoms with van der Waals surface area (Å²) >= 11 is 0. The quantitative estimate of drug-likeness (QED) is 0.884. The van der Waals surface area contributed by atoms with Gasteiger partial charge in [-0.25, -0.2) is 4.39 Å². The van der Waals surface area contributed by atoms with Crippen LogP contribution in [0.1, 0.15) is 31.4 Å². The molecule has 26 heavy (non-hydrogen) atoms. The zero-order valence-corrected chi connectivity index (χ0v) is 15.1. The molecule has 5 heteroatoms. The van der Waals surface area contributed by atoms with E-state index in [0.717, 1.165) is 29.7 Å². The van der Waals surface area contributed by atoms with Crippen LogP contribution in [-0.2, 0) is 22.4 Å². The Hall–Kier alpha value is -2.69. The number of hydrogen-bond acceptors (Lipinski definition) is 2. The average molecular weight is 354 g/mol. The Bertz CT molecular complexity index is 795. The smallest absolute Gasteiger partial charge is 0.229 e. The Labute approximate surface area is 153 Å². The van der Waals surface area contributed by atoms with Gasteiger partial charge in [0.25, 0.3) is 0 Å². The predicted molar refractivity (Wildman–Crippen MR) is 101 cm³/mol. The lowest BCUT2D eigenvalue weighted by Gasteiger charge is -2.18. The van der Waals surface area contributed by atoms with E-state index in [1.807, 2.05) is 18.2 Å². The molecule has 1 heterocycles. The summed E-state index contributed by atoms with van der Waals surface area (Å²) in [5, 5.41) is 3.05. The number of carbonyl (C=O) groups is 2. The lowest BCUT2D eigenvalue weighted by Crippen LogP contribution is -2.28. The molecule has 0 aliphatic carbocycles. The van der Waals surface area contributed by atoms with Gasteiger partial charge >= 0.3 is 0 Å². The molecule has 1 aliphatic heterocycles. The second-order valence-corrected chi connectivity index (χ2v) is 6.53. The third-order valence-electron chi connectivity index (χ3n) is 4.88. The number of benzene rings is 2. The Morgan fingerprint density at radius 1 is 1.12 bits per heavy atom. The highest BCUT2D eigenvalue weighted by Crippen LogP contribution is 2.28. The first-order valence-corrected chi connectivity index (χ1v) is 9.01. The van der Waals surface area contributed by atoms with Crippen LogP contribution in [0, 0.1) is 11.7 Å². The molecule has 2 aromatic carbocycles. The number of hydrogen-bond donors (Lipinski definition) is 1. The van der Waals surface area contributed by atoms with E-state index in [-0.39, 0.29) is 24.1 Å². The van der Waals surface area contributed by atoms with Gasteiger partial charge in [-0.05, 0) is 48.2 Å². The number of rotatable bonds is 5. The van der Waals surface area contributed by atoms with Gasteiger partial charge in [0.05, 0.1) is 5.92 Å². The molecule has 1 aliphatic rings. The van der Waals surface area contributed by atoms with E-state index in [0.29, 0.717) is 12.2 Å². The third kappa shape index (κ3) is 3.62. The summed E-state index contributed by atoms with van der Waals surface area (Å²) in [7, 11) is 0. The number of carbonyl (C=O) groups excluding carboxylic acids is 2. The van der Waals surface area contributed by atoms with Crippen LogP contribution in [0.2, 0.25) is 0 Å². The molecule has 1 unspecified atom stereocenters. The highest BCUT2D eigenvalue weighted by atomic mass is 19.1. The Morgan fingerprint density at radius 3 is 2.31 bits per heavy atom. The number of nitrogens with one attached hydrogen (secondary N) is 1. The van der Waals surface area contributed by atoms with E-state index >= 15 is 0 Å². The third-order valence-corrected chi connectivity index (χ3v) is 4.88. The summed E-state index contributed by atoms with van der Waals surface area (Å²) in [5.41, 5.74) is 3.68. The molecule has 1 saturated heterocycles. The van der Waals surface area contributed by atoms with Gasteiger partial charge in [-0.15, -0.1) is 0 Å². The second-order valence-electron chi connectivity index (χ2n) is 6.53. The normalized spacial score (nSPS) is 16.8. The van der Waals surface area contributed by atoms with E-state index in [9.17, 15) is 14.0 Å². The molecule has 2 amide bonds. The Balaban J connectivity index is 1.76. The van der Waals surface area contributed by atoms with Crippen LogP contribution in [0.25, 0.3) is 0 Å². The fourth-order valence-electron chi connectivity index (χ4n) is 3.38. The summed E-state index contributed by atoms with van der Waals surface area (Å²) in [6.07, 6.45) is 1.82. The van der Waals surface area contributed by atoms with Crippen molar-refractivity contribution in [2.24, 2.45) is 5.92 Å². The number of anilines is 2. The van der Waals surface area contributed by atoms with Crippen molar-refractivity contribution in [3.05, 3.63) is 59.4 Å². The maximum Gasteiger partial charge on any atom is 0.229 e. The summed E-state index contributed by atoms with van der Waals surface area (Å²) in [6.45, 7) is 4.42. The first-order chi connectivity index (χ1) is 12.5. The van der Waals surface area contributed by atoms with Crippen molar-refractivity contribution in [3.63, 3.8) is 0 Å². The molecular formula is C21H23FN2O2. The maximum atomic E-state index is 13.1. The van der Waals surface area contributed by atoms with Gasteiger partial charge in [0, 0.05) is 24.3 Å². The van der Waals surface area contributed by atoms with Crippen LogP contribution in [0.5, 0.6) is 0 Å². The topological polar surface area (TPSA) is 49.4 Å². The summed E-state index contributed by atoms with van der Waals surface area (Å²) in [5.74, 6) is -1.02. The first kappa shape index (κ1) is 18.1. The zero-order valence-electron chi connectivity index (χ0n) is 15.1. The van der Waals surface area contributed by atoms with Crippen molar-refractivity contribution in [1.82, 2.24) is 0 Å². The molecule has 0 aromatic heterocycles. The fourth-order valence-corrected chi connectivity index (χ4v) is 3.38. The van der Waals surface area contributed by atoms with Crippen molar-refractivity contribution in [2.75, 3.05) is 16.8 Å². The molecule has 0 radical (unpaired) electrons. The van der Waals surface area contributed by atoms with Gasteiger partial charge in [-0.3, -0.25) is 9.59 Å². The summed E-state index contributed by atoms with van der Waals surface area (Å²) < 4.78 is 13.1. The number of amides is 2. The van der Waals surface area contributed by atoms with Crippen LogP contribution in [0.15, 0.2) is 42.5 Å². The minimum atomic E-state index is -0.415. The lowest BCUT2D eigenvalue weighted by atomic mass is 10.0. The van der Waals surface area contributed by atoms with Crippen molar-refractivity contribution in [2.45, 2.75) is 33.1 Å². The monoisotopic (exact) mass is 354 g/mol. The lowest BCUT2D eigenvalue weighted by molar-refractivity contribution is -0.122. The molecule has 0 spiro atoms. The van der Waals surface area contributed by atoms with Gasteiger partial charge in [-0.2, -0.15) is 0 Å². The van der Waals surface area contributed by atoms with E-state index < -0.39 is 5.92 Å². The minimum Gasteiger partial charge on any atom is -0.325 e. The van der Waals surface area contributed by atoms with Gasteiger partial charge in [-0.1, -0.05) is 32.0 Å². The molecule has 136 valence electrons. The molecule has 1 atom stereocenters. The van der Waals surface area contributed by atoms with E-state index in [1.165, 1.54) is 12.1 Å². The van der Waals surface area contributed by atoms with E-state index in [4.69, 9.17) is 0 Å². The second kappa shape index (κ2) is 7.68. The standard InChI is InChI=1S/C21H23FN2O2/c1-3-14-6-5-7-15(4-2)20(14)23-21(26)16-12-19(25)24(13-16)18-10-8-17(22)9-11-18/h5-11,16H,3-4,12-13H2,1-2H3,(H,23,26). The minimum absolute atomic E-state index is 0.115. The Morgan fingerprint density at radius 2 is 1.73 bits per heavy atom. The fraction of sp³-hybridized carbons (Fsp3) is 0.333. The van der Waals surface area contributed by atoms with Crippen LogP contribution in [0.3, 0.4) is 0 Å². The molecule has 4 nitrogen and oxygen atoms in total. The molecule has 0 saturated carbocycles. The van der Waals surface area contributed by atoms with Gasteiger partial charge in [0.15, 0.2) is 0 Å². The highest BCUT2D eigenvalue weighted by molar-refractivity contribution is 6.04. The number of para-hydroxylation sites is 1. The van der Waals surface area contributed by atoms with Crippen LogP contribution < -0.4 is 10.2 Å². The van der Waals surface area contributed by atoms with E-state index in [1.54, 1.807) is 17.0 Å². The number of halogens is 1. The predicted octanol–water partition coefficient (Wildman–Crippen LogP) is 3.94. The number of nitrogens with zero attached hydrogens (tertiary/aromatic N) is 1. The zero-order chi connectivity index (χ0) is 18.7. The SMILES string of the molecule is CCc1cccc(CC)c1NC(=O)C1CC(=O)N(c2ccc(F)cc2)C1.